The molecule has 1 saturated heterocycles. The van der Waals surface area contributed by atoms with Crippen molar-refractivity contribution >= 4 is 5.91 Å². The quantitative estimate of drug-likeness (QED) is 0.866. The predicted molar refractivity (Wildman–Crippen MR) is 97.5 cm³/mol. The van der Waals surface area contributed by atoms with E-state index in [9.17, 15) is 9.59 Å². The monoisotopic (exact) mass is 333 g/mol. The molecule has 1 N–H and O–H groups in total. The zero-order valence-corrected chi connectivity index (χ0v) is 15.7. The molecule has 1 aromatic rings. The first kappa shape index (κ1) is 18.7. The summed E-state index contributed by atoms with van der Waals surface area (Å²) in [5.74, 6) is 0.901. The summed E-state index contributed by atoms with van der Waals surface area (Å²) in [4.78, 5) is 27.3. The lowest BCUT2D eigenvalue weighted by Gasteiger charge is -2.18. The topological polar surface area (TPSA) is 54.3 Å². The largest absolute Gasteiger partial charge is 0.352 e. The Balaban J connectivity index is 1.98. The summed E-state index contributed by atoms with van der Waals surface area (Å²) in [7, 11) is 1.74. The van der Waals surface area contributed by atoms with Crippen LogP contribution < -0.4 is 10.9 Å². The molecule has 0 unspecified atom stereocenters. The minimum atomic E-state index is -0.247. The van der Waals surface area contributed by atoms with Crippen LogP contribution in [-0.4, -0.2) is 41.6 Å². The van der Waals surface area contributed by atoms with Crippen molar-refractivity contribution in [1.29, 1.82) is 0 Å². The van der Waals surface area contributed by atoms with Gasteiger partial charge in [-0.15, -0.1) is 0 Å². The first-order valence-corrected chi connectivity index (χ1v) is 9.03. The molecule has 1 aromatic heterocycles. The van der Waals surface area contributed by atoms with Gasteiger partial charge in [0.15, 0.2) is 0 Å². The van der Waals surface area contributed by atoms with E-state index in [-0.39, 0.29) is 17.0 Å². The van der Waals surface area contributed by atoms with Gasteiger partial charge in [-0.3, -0.25) is 9.59 Å². The number of carbonyl (C=O) groups excluding carboxylic acids is 1. The number of aryl methyl sites for hydroxylation is 1. The molecule has 24 heavy (non-hydrogen) atoms. The van der Waals surface area contributed by atoms with Gasteiger partial charge >= 0.3 is 0 Å². The number of carbonyl (C=O) groups is 1. The number of nitrogens with zero attached hydrogens (tertiary/aromatic N) is 2. The molecule has 1 aliphatic rings. The summed E-state index contributed by atoms with van der Waals surface area (Å²) in [6, 6.07) is 1.73. The van der Waals surface area contributed by atoms with E-state index in [1.54, 1.807) is 17.7 Å². The number of rotatable bonds is 6. The van der Waals surface area contributed by atoms with Crippen LogP contribution in [0.2, 0.25) is 0 Å². The van der Waals surface area contributed by atoms with Crippen molar-refractivity contribution in [1.82, 2.24) is 14.8 Å². The number of nitrogens with one attached hydrogen (secondary N) is 1. The Bertz CT molecular complexity index is 649. The second kappa shape index (κ2) is 7.97. The SMILES string of the molecule is CCc1c(C)cc(C(=O)NC[C@H]2CCN(CC(C)C)C2)c(=O)n1C. The first-order valence-electron chi connectivity index (χ1n) is 9.03. The number of hydrogen-bond acceptors (Lipinski definition) is 3. The number of likely N-dealkylation sites (tertiary alicyclic amines) is 1. The minimum absolute atomic E-state index is 0.206. The van der Waals surface area contributed by atoms with E-state index in [1.807, 2.05) is 13.8 Å². The molecule has 2 rings (SSSR count). The molecule has 0 radical (unpaired) electrons. The highest BCUT2D eigenvalue weighted by Crippen LogP contribution is 2.16. The van der Waals surface area contributed by atoms with Crippen LogP contribution in [0.4, 0.5) is 0 Å². The average molecular weight is 333 g/mol. The van der Waals surface area contributed by atoms with Gasteiger partial charge in [0, 0.05) is 32.4 Å². The zero-order chi connectivity index (χ0) is 17.9. The second-order valence-electron chi connectivity index (χ2n) is 7.42. The standard InChI is InChI=1S/C19H31N3O2/c1-6-17-14(4)9-16(19(24)21(17)5)18(23)20-10-15-7-8-22(12-15)11-13(2)3/h9,13,15H,6-8,10-12H2,1-5H3,(H,20,23)/t15-/m1/s1. The van der Waals surface area contributed by atoms with Crippen LogP contribution in [0.1, 0.15) is 48.8 Å². The van der Waals surface area contributed by atoms with Gasteiger partial charge < -0.3 is 14.8 Å². The van der Waals surface area contributed by atoms with E-state index < -0.39 is 0 Å². The summed E-state index contributed by atoms with van der Waals surface area (Å²) in [5, 5.41) is 2.97. The van der Waals surface area contributed by atoms with Gasteiger partial charge in [0.05, 0.1) is 0 Å². The molecule has 0 spiro atoms. The Kier molecular flexibility index (Phi) is 6.21. The van der Waals surface area contributed by atoms with Crippen LogP contribution in [0.15, 0.2) is 10.9 Å². The molecule has 5 heteroatoms. The molecule has 1 atom stereocenters. The van der Waals surface area contributed by atoms with E-state index in [0.29, 0.717) is 18.4 Å². The normalized spacial score (nSPS) is 18.3. The fraction of sp³-hybridized carbons (Fsp3) is 0.684. The van der Waals surface area contributed by atoms with Crippen LogP contribution in [0.5, 0.6) is 0 Å². The summed E-state index contributed by atoms with van der Waals surface area (Å²) < 4.78 is 1.60. The van der Waals surface area contributed by atoms with Crippen molar-refractivity contribution in [2.45, 2.75) is 40.5 Å². The smallest absolute Gasteiger partial charge is 0.263 e. The van der Waals surface area contributed by atoms with Crippen molar-refractivity contribution < 1.29 is 4.79 Å². The van der Waals surface area contributed by atoms with Gasteiger partial charge in [-0.05, 0) is 49.8 Å². The van der Waals surface area contributed by atoms with E-state index in [2.05, 4.69) is 24.1 Å². The fourth-order valence-electron chi connectivity index (χ4n) is 3.70. The van der Waals surface area contributed by atoms with Crippen molar-refractivity contribution in [3.63, 3.8) is 0 Å². The van der Waals surface area contributed by atoms with Crippen molar-refractivity contribution in [3.05, 3.63) is 33.2 Å². The minimum Gasteiger partial charge on any atom is -0.352 e. The highest BCUT2D eigenvalue weighted by Gasteiger charge is 2.24. The highest BCUT2D eigenvalue weighted by molar-refractivity contribution is 5.94. The highest BCUT2D eigenvalue weighted by atomic mass is 16.2. The lowest BCUT2D eigenvalue weighted by atomic mass is 10.1. The number of amides is 1. The molecule has 0 bridgehead atoms. The molecular weight excluding hydrogens is 302 g/mol. The lowest BCUT2D eigenvalue weighted by Crippen LogP contribution is -2.36. The van der Waals surface area contributed by atoms with E-state index >= 15 is 0 Å². The molecule has 0 aliphatic carbocycles. The van der Waals surface area contributed by atoms with Crippen LogP contribution in [-0.2, 0) is 13.5 Å². The first-order chi connectivity index (χ1) is 11.3. The van der Waals surface area contributed by atoms with Gasteiger partial charge in [0.25, 0.3) is 11.5 Å². The molecule has 0 saturated carbocycles. The molecule has 1 fully saturated rings. The van der Waals surface area contributed by atoms with E-state index in [0.717, 1.165) is 43.7 Å². The number of pyridine rings is 1. The van der Waals surface area contributed by atoms with Crippen molar-refractivity contribution in [3.8, 4) is 0 Å². The third-order valence-corrected chi connectivity index (χ3v) is 4.88. The van der Waals surface area contributed by atoms with Crippen molar-refractivity contribution in [2.24, 2.45) is 18.9 Å². The summed E-state index contributed by atoms with van der Waals surface area (Å²) in [5.41, 5.74) is 2.03. The predicted octanol–water partition coefficient (Wildman–Crippen LogP) is 1.96. The second-order valence-corrected chi connectivity index (χ2v) is 7.42. The molecule has 1 aliphatic heterocycles. The molecule has 5 nitrogen and oxygen atoms in total. The molecule has 0 aromatic carbocycles. The summed E-state index contributed by atoms with van der Waals surface area (Å²) >= 11 is 0. The average Bonchev–Trinajstić information content (AvgIpc) is 2.95. The van der Waals surface area contributed by atoms with E-state index in [1.165, 1.54) is 0 Å². The maximum absolute atomic E-state index is 12.4. The van der Waals surface area contributed by atoms with Crippen molar-refractivity contribution in [2.75, 3.05) is 26.2 Å². The van der Waals surface area contributed by atoms with Crippen LogP contribution in [0.25, 0.3) is 0 Å². The summed E-state index contributed by atoms with van der Waals surface area (Å²) in [6.07, 6.45) is 1.89. The number of aromatic nitrogens is 1. The van der Waals surface area contributed by atoms with E-state index in [4.69, 9.17) is 0 Å². The Morgan fingerprint density at radius 2 is 2.12 bits per heavy atom. The van der Waals surface area contributed by atoms with Crippen LogP contribution >= 0.6 is 0 Å². The van der Waals surface area contributed by atoms with Gasteiger partial charge in [-0.2, -0.15) is 0 Å². The van der Waals surface area contributed by atoms with Gasteiger partial charge in [0.1, 0.15) is 5.56 Å². The molecule has 134 valence electrons. The molecule has 2 heterocycles. The van der Waals surface area contributed by atoms with Crippen LogP contribution in [0.3, 0.4) is 0 Å². The Morgan fingerprint density at radius 3 is 2.75 bits per heavy atom. The number of hydrogen-bond donors (Lipinski definition) is 1. The zero-order valence-electron chi connectivity index (χ0n) is 15.7. The fourth-order valence-corrected chi connectivity index (χ4v) is 3.70. The summed E-state index contributed by atoms with van der Waals surface area (Å²) in [6.45, 7) is 12.3. The van der Waals surface area contributed by atoms with Crippen LogP contribution in [0, 0.1) is 18.8 Å². The maximum atomic E-state index is 12.4. The van der Waals surface area contributed by atoms with Gasteiger partial charge in [-0.1, -0.05) is 20.8 Å². The third kappa shape index (κ3) is 4.26. The van der Waals surface area contributed by atoms with Gasteiger partial charge in [-0.25, -0.2) is 0 Å². The molecular formula is C19H31N3O2. The lowest BCUT2D eigenvalue weighted by molar-refractivity contribution is 0.0945. The molecule has 1 amide bonds. The Morgan fingerprint density at radius 1 is 1.42 bits per heavy atom. The third-order valence-electron chi connectivity index (χ3n) is 4.88. The Hall–Kier alpha value is -1.62. The maximum Gasteiger partial charge on any atom is 0.263 e. The Labute approximate surface area is 145 Å². The van der Waals surface area contributed by atoms with Gasteiger partial charge in [0.2, 0.25) is 0 Å².